The average Bonchev–Trinajstić information content (AvgIpc) is 3.61. The van der Waals surface area contributed by atoms with Gasteiger partial charge in [-0.3, -0.25) is 9.36 Å². The van der Waals surface area contributed by atoms with E-state index in [1.54, 1.807) is 0 Å². The van der Waals surface area contributed by atoms with Crippen molar-refractivity contribution in [2.75, 3.05) is 0 Å². The number of nitrogens with zero attached hydrogens (tertiary/aromatic N) is 4. The summed E-state index contributed by atoms with van der Waals surface area (Å²) in [6.45, 7) is 2.13. The van der Waals surface area contributed by atoms with Crippen LogP contribution in [-0.4, -0.2) is 19.5 Å². The lowest BCUT2D eigenvalue weighted by atomic mass is 9.92. The first kappa shape index (κ1) is 31.6. The minimum Gasteiger partial charge on any atom is -0.456 e. The normalized spacial score (nSPS) is 12.0. The van der Waals surface area contributed by atoms with Gasteiger partial charge in [-0.25, -0.2) is 4.98 Å². The molecule has 57 heavy (non-hydrogen) atoms. The molecule has 0 saturated heterocycles. The van der Waals surface area contributed by atoms with Crippen molar-refractivity contribution in [3.05, 3.63) is 180 Å². The Hall–Kier alpha value is -7.70. The molecule has 12 aromatic rings. The number of furan rings is 1. The third-order valence-electron chi connectivity index (χ3n) is 11.4. The van der Waals surface area contributed by atoms with E-state index >= 15 is 0 Å². The van der Waals surface area contributed by atoms with Gasteiger partial charge in [0.05, 0.1) is 11.0 Å². The third kappa shape index (κ3) is 4.77. The number of fused-ring (bicyclic) bond motifs is 12. The fourth-order valence-corrected chi connectivity index (χ4v) is 8.72. The van der Waals surface area contributed by atoms with Gasteiger partial charge in [0.25, 0.3) is 0 Å². The molecule has 0 atom stereocenters. The summed E-state index contributed by atoms with van der Waals surface area (Å²) in [5.41, 5.74) is 5.66. The topological polar surface area (TPSA) is 73.8 Å². The zero-order chi connectivity index (χ0) is 37.8. The molecule has 0 amide bonds. The lowest BCUT2D eigenvalue weighted by Crippen LogP contribution is -2.14. The molecule has 0 N–H and O–H groups in total. The zero-order valence-corrected chi connectivity index (χ0v) is 30.7. The molecule has 0 saturated carbocycles. The molecule has 0 aliphatic carbocycles. The molecule has 3 heterocycles. The zero-order valence-electron chi connectivity index (χ0n) is 30.7. The Kier molecular flexibility index (Phi) is 6.60. The molecule has 0 bridgehead atoms. The first-order valence-electron chi connectivity index (χ1n) is 19.1. The Balaban J connectivity index is 1.22. The van der Waals surface area contributed by atoms with Crippen LogP contribution in [0.15, 0.2) is 173 Å². The predicted octanol–water partition coefficient (Wildman–Crippen LogP) is 12.5. The summed E-state index contributed by atoms with van der Waals surface area (Å²) >= 11 is 0. The fraction of sp³-hybridized carbons (Fsp3) is 0.0196. The molecule has 0 aliphatic heterocycles. The second-order valence-electron chi connectivity index (χ2n) is 14.9. The van der Waals surface area contributed by atoms with E-state index in [2.05, 4.69) is 73.7 Å². The minimum atomic E-state index is -0.0634. The van der Waals surface area contributed by atoms with Crippen LogP contribution in [0.25, 0.3) is 116 Å². The highest BCUT2D eigenvalue weighted by molar-refractivity contribution is 6.28. The molecule has 0 fully saturated rings. The van der Waals surface area contributed by atoms with Crippen molar-refractivity contribution in [3.8, 4) is 28.7 Å². The number of hydrogen-bond acceptors (Lipinski definition) is 5. The maximum Gasteiger partial charge on any atom is 0.238 e. The van der Waals surface area contributed by atoms with Gasteiger partial charge in [-0.15, -0.1) is 0 Å². The quantitative estimate of drug-likeness (QED) is 0.134. The van der Waals surface area contributed by atoms with Crippen LogP contribution in [0.5, 0.6) is 0 Å². The Morgan fingerprint density at radius 1 is 0.421 bits per heavy atom. The summed E-state index contributed by atoms with van der Waals surface area (Å²) < 4.78 is 8.79. The Morgan fingerprint density at radius 2 is 0.930 bits per heavy atom. The lowest BCUT2D eigenvalue weighted by Gasteiger charge is -2.16. The summed E-state index contributed by atoms with van der Waals surface area (Å²) in [4.78, 5) is 30.1. The number of pyridine rings is 1. The van der Waals surface area contributed by atoms with E-state index in [0.29, 0.717) is 45.0 Å². The summed E-state index contributed by atoms with van der Waals surface area (Å²) in [5, 5.41) is 12.0. The first-order valence-corrected chi connectivity index (χ1v) is 19.1. The predicted molar refractivity (Wildman–Crippen MR) is 233 cm³/mol. The molecule has 0 radical (unpaired) electrons. The van der Waals surface area contributed by atoms with Crippen LogP contribution >= 0.6 is 0 Å². The average molecular weight is 731 g/mol. The van der Waals surface area contributed by atoms with E-state index in [4.69, 9.17) is 19.4 Å². The molecule has 0 unspecified atom stereocenters. The number of benzene rings is 9. The van der Waals surface area contributed by atoms with Crippen LogP contribution < -0.4 is 5.43 Å². The van der Waals surface area contributed by atoms with Gasteiger partial charge in [-0.1, -0.05) is 133 Å². The number of aromatic nitrogens is 4. The highest BCUT2D eigenvalue weighted by Crippen LogP contribution is 2.41. The summed E-state index contributed by atoms with van der Waals surface area (Å²) in [6.07, 6.45) is 0. The maximum absolute atomic E-state index is 14.9. The van der Waals surface area contributed by atoms with Gasteiger partial charge in [0.15, 0.2) is 17.1 Å². The van der Waals surface area contributed by atoms with Gasteiger partial charge in [-0.2, -0.15) is 9.97 Å². The lowest BCUT2D eigenvalue weighted by molar-refractivity contribution is 0.670. The second-order valence-corrected chi connectivity index (χ2v) is 14.9. The summed E-state index contributed by atoms with van der Waals surface area (Å²) in [7, 11) is 0. The molecule has 0 aliphatic rings. The van der Waals surface area contributed by atoms with Crippen LogP contribution in [0.4, 0.5) is 0 Å². The Labute approximate surface area is 324 Å². The van der Waals surface area contributed by atoms with E-state index in [1.165, 1.54) is 27.1 Å². The fourth-order valence-electron chi connectivity index (χ4n) is 8.72. The van der Waals surface area contributed by atoms with Crippen LogP contribution in [0.2, 0.25) is 0 Å². The number of hydrogen-bond donors (Lipinski definition) is 0. The van der Waals surface area contributed by atoms with Crippen LogP contribution in [0.3, 0.4) is 0 Å². The van der Waals surface area contributed by atoms with Gasteiger partial charge in [0.1, 0.15) is 11.2 Å². The molecular weight excluding hydrogens is 701 g/mol. The van der Waals surface area contributed by atoms with Gasteiger partial charge in [0.2, 0.25) is 5.95 Å². The smallest absolute Gasteiger partial charge is 0.238 e. The van der Waals surface area contributed by atoms with Crippen molar-refractivity contribution in [1.82, 2.24) is 19.5 Å². The Morgan fingerprint density at radius 3 is 1.61 bits per heavy atom. The van der Waals surface area contributed by atoms with Gasteiger partial charge in [-0.05, 0) is 80.3 Å². The summed E-state index contributed by atoms with van der Waals surface area (Å²) in [6, 6.07) is 55.7. The molecule has 12 rings (SSSR count). The van der Waals surface area contributed by atoms with Gasteiger partial charge >= 0.3 is 0 Å². The van der Waals surface area contributed by atoms with Crippen molar-refractivity contribution < 1.29 is 4.42 Å². The molecule has 3 aromatic heterocycles. The minimum absolute atomic E-state index is 0.0634. The highest BCUT2D eigenvalue weighted by atomic mass is 16.3. The molecule has 9 aromatic carbocycles. The van der Waals surface area contributed by atoms with Crippen LogP contribution in [0.1, 0.15) is 5.56 Å². The molecule has 6 nitrogen and oxygen atoms in total. The third-order valence-corrected chi connectivity index (χ3v) is 11.4. The van der Waals surface area contributed by atoms with Crippen molar-refractivity contribution in [2.24, 2.45) is 0 Å². The van der Waals surface area contributed by atoms with Crippen molar-refractivity contribution in [3.63, 3.8) is 0 Å². The first-order chi connectivity index (χ1) is 28.1. The van der Waals surface area contributed by atoms with Crippen LogP contribution in [-0.2, 0) is 0 Å². The standard InChI is InChI=1S/C51H30N4O2/c1-29-20-21-36-37(22-29)34-18-10-11-19-35(34)38-25-40-41-26-43-45(28-47(41)57-46(40)27-39(36)38)55(44-24-33-17-9-8-16-32(33)23-42(44)48(43)56)51-53-49(30-12-4-2-5-13-30)52-50(54-51)31-14-6-3-7-15-31/h2-28H,1H3. The molecule has 0 spiro atoms. The van der Waals surface area contributed by atoms with Crippen molar-refractivity contribution in [2.45, 2.75) is 6.92 Å². The second kappa shape index (κ2) is 11.9. The maximum atomic E-state index is 14.9. The van der Waals surface area contributed by atoms with Crippen molar-refractivity contribution in [1.29, 1.82) is 0 Å². The molecule has 6 heteroatoms. The highest BCUT2D eigenvalue weighted by Gasteiger charge is 2.21. The van der Waals surface area contributed by atoms with E-state index in [-0.39, 0.29) is 5.43 Å². The van der Waals surface area contributed by atoms with E-state index in [1.807, 2.05) is 102 Å². The Bertz CT molecular complexity index is 3660. The summed E-state index contributed by atoms with van der Waals surface area (Å²) in [5.74, 6) is 1.47. The molecular formula is C51H30N4O2. The van der Waals surface area contributed by atoms with E-state index < -0.39 is 0 Å². The monoisotopic (exact) mass is 730 g/mol. The molecule has 266 valence electrons. The van der Waals surface area contributed by atoms with E-state index in [9.17, 15) is 4.79 Å². The van der Waals surface area contributed by atoms with Crippen LogP contribution in [0, 0.1) is 6.92 Å². The number of rotatable bonds is 3. The largest absolute Gasteiger partial charge is 0.456 e. The number of aryl methyl sites for hydroxylation is 1. The van der Waals surface area contributed by atoms with Gasteiger partial charge < -0.3 is 4.42 Å². The van der Waals surface area contributed by atoms with E-state index in [0.717, 1.165) is 49.0 Å². The van der Waals surface area contributed by atoms with Crippen molar-refractivity contribution >= 4 is 86.8 Å². The van der Waals surface area contributed by atoms with Gasteiger partial charge in [0, 0.05) is 38.7 Å². The SMILES string of the molecule is Cc1ccc2c(c1)c1ccccc1c1cc3c(cc21)oc1cc2c(cc13)c(=O)c1cc3ccccc3cc1n2-c1nc(-c2ccccc2)nc(-c2ccccc2)n1.